The van der Waals surface area contributed by atoms with Crippen LogP contribution in [0.3, 0.4) is 0 Å². The van der Waals surface area contributed by atoms with Crippen LogP contribution in [0, 0.1) is 10.8 Å². The molecule has 0 N–H and O–H groups in total. The van der Waals surface area contributed by atoms with Crippen LogP contribution in [0.5, 0.6) is 0 Å². The van der Waals surface area contributed by atoms with Gasteiger partial charge in [0.05, 0.1) is 23.7 Å². The smallest absolute Gasteiger partial charge is 0.330 e. The molecule has 0 fully saturated rings. The minimum atomic E-state index is -1.03. The van der Waals surface area contributed by atoms with Crippen LogP contribution in [0.1, 0.15) is 26.7 Å². The van der Waals surface area contributed by atoms with Crippen molar-refractivity contribution < 1.29 is 57.2 Å². The van der Waals surface area contributed by atoms with Crippen molar-refractivity contribution in [2.24, 2.45) is 10.8 Å². The van der Waals surface area contributed by atoms with Crippen molar-refractivity contribution in [2.45, 2.75) is 26.7 Å². The van der Waals surface area contributed by atoms with Gasteiger partial charge in [-0.2, -0.15) is 0 Å². The summed E-state index contributed by atoms with van der Waals surface area (Å²) < 4.78 is 30.4. The number of carbonyl (C=O) groups is 6. The standard InChI is InChI=1S/C28H36O12/c1-7-21(29)35-15-27(5,16-36-22(30)8-2)19-39-25(33)13-11-12-14-26(34)40-20-28(6,17-37-23(31)9-3)18-38-24(32)10-4/h7-12H,1-4,13-20H2,5-6H3/b12-11+. The van der Waals surface area contributed by atoms with Gasteiger partial charge in [-0.25, -0.2) is 19.2 Å². The topological polar surface area (TPSA) is 158 Å². The molecule has 0 spiro atoms. The van der Waals surface area contributed by atoms with Gasteiger partial charge in [0.25, 0.3) is 0 Å². The van der Waals surface area contributed by atoms with Crippen LogP contribution in [-0.4, -0.2) is 75.5 Å². The Labute approximate surface area is 233 Å². The Hall–Kier alpha value is -4.48. The highest BCUT2D eigenvalue weighted by atomic mass is 16.6. The lowest BCUT2D eigenvalue weighted by Gasteiger charge is -2.27. The lowest BCUT2D eigenvalue weighted by Crippen LogP contribution is -2.36. The van der Waals surface area contributed by atoms with Gasteiger partial charge >= 0.3 is 35.8 Å². The molecule has 0 atom stereocenters. The molecule has 0 aromatic rings. The summed E-state index contributed by atoms with van der Waals surface area (Å²) in [4.78, 5) is 69.9. The molecule has 0 bridgehead atoms. The molecule has 40 heavy (non-hydrogen) atoms. The number of carbonyl (C=O) groups excluding carboxylic acids is 6. The Morgan fingerprint density at radius 3 is 0.925 bits per heavy atom. The molecular formula is C28H36O12. The Balaban J connectivity index is 4.81. The molecule has 0 unspecified atom stereocenters. The molecule has 0 aromatic carbocycles. The molecule has 0 aliphatic carbocycles. The van der Waals surface area contributed by atoms with E-state index in [4.69, 9.17) is 28.4 Å². The molecule has 12 nitrogen and oxygen atoms in total. The first-order valence-corrected chi connectivity index (χ1v) is 11.9. The van der Waals surface area contributed by atoms with E-state index in [9.17, 15) is 28.8 Å². The number of ether oxygens (including phenoxy) is 6. The second-order valence-electron chi connectivity index (χ2n) is 9.07. The van der Waals surface area contributed by atoms with Crippen LogP contribution in [0.2, 0.25) is 0 Å². The quantitative estimate of drug-likeness (QED) is 0.0921. The van der Waals surface area contributed by atoms with E-state index < -0.39 is 46.6 Å². The van der Waals surface area contributed by atoms with E-state index in [1.165, 1.54) is 12.2 Å². The van der Waals surface area contributed by atoms with Crippen LogP contribution in [-0.2, 0) is 57.2 Å². The molecule has 0 aliphatic heterocycles. The molecule has 0 rings (SSSR count). The number of esters is 6. The van der Waals surface area contributed by atoms with Gasteiger partial charge in [-0.3, -0.25) is 9.59 Å². The van der Waals surface area contributed by atoms with Crippen molar-refractivity contribution in [2.75, 3.05) is 39.6 Å². The van der Waals surface area contributed by atoms with Crippen molar-refractivity contribution in [3.05, 3.63) is 62.8 Å². The van der Waals surface area contributed by atoms with Gasteiger partial charge < -0.3 is 28.4 Å². The van der Waals surface area contributed by atoms with Gasteiger partial charge in [-0.05, 0) is 13.8 Å². The van der Waals surface area contributed by atoms with Crippen LogP contribution in [0.15, 0.2) is 62.8 Å². The second-order valence-corrected chi connectivity index (χ2v) is 9.07. The molecule has 220 valence electrons. The molecule has 0 saturated carbocycles. The molecule has 0 amide bonds. The highest BCUT2D eigenvalue weighted by molar-refractivity contribution is 5.82. The average molecular weight is 565 g/mol. The van der Waals surface area contributed by atoms with Gasteiger partial charge in [-0.1, -0.05) is 38.5 Å². The van der Waals surface area contributed by atoms with Crippen LogP contribution >= 0.6 is 0 Å². The fourth-order valence-electron chi connectivity index (χ4n) is 2.45. The normalized spacial score (nSPS) is 10.9. The first-order chi connectivity index (χ1) is 18.8. The monoisotopic (exact) mass is 564 g/mol. The Bertz CT molecular complexity index is 865. The summed E-state index contributed by atoms with van der Waals surface area (Å²) >= 11 is 0. The average Bonchev–Trinajstić information content (AvgIpc) is 2.96. The van der Waals surface area contributed by atoms with Gasteiger partial charge in [0, 0.05) is 24.3 Å². The number of hydrogen-bond donors (Lipinski definition) is 0. The predicted molar refractivity (Wildman–Crippen MR) is 141 cm³/mol. The molecular weight excluding hydrogens is 528 g/mol. The highest BCUT2D eigenvalue weighted by Crippen LogP contribution is 2.20. The van der Waals surface area contributed by atoms with E-state index in [1.54, 1.807) is 13.8 Å². The van der Waals surface area contributed by atoms with Gasteiger partial charge in [-0.15, -0.1) is 0 Å². The third kappa shape index (κ3) is 16.4. The van der Waals surface area contributed by atoms with Gasteiger partial charge in [0.2, 0.25) is 0 Å². The highest BCUT2D eigenvalue weighted by Gasteiger charge is 2.31. The SMILES string of the molecule is C=CC(=O)OCC(C)(COC(=O)C=C)COC(=O)C/C=C/CC(=O)OCC(C)(COC(=O)C=C)COC(=O)C=C. The summed E-state index contributed by atoms with van der Waals surface area (Å²) in [6.07, 6.45) is 6.29. The Kier molecular flexibility index (Phi) is 16.6. The summed E-state index contributed by atoms with van der Waals surface area (Å²) in [7, 11) is 0. The molecule has 12 heteroatoms. The maximum Gasteiger partial charge on any atom is 0.330 e. The minimum Gasteiger partial charge on any atom is -0.465 e. The Morgan fingerprint density at radius 1 is 0.475 bits per heavy atom. The van der Waals surface area contributed by atoms with E-state index >= 15 is 0 Å². The van der Waals surface area contributed by atoms with E-state index in [-0.39, 0.29) is 52.5 Å². The predicted octanol–water partition coefficient (Wildman–Crippen LogP) is 2.34. The van der Waals surface area contributed by atoms with Crippen molar-refractivity contribution in [3.63, 3.8) is 0 Å². The molecule has 0 saturated heterocycles. The van der Waals surface area contributed by atoms with Crippen molar-refractivity contribution in [1.29, 1.82) is 0 Å². The molecule has 0 radical (unpaired) electrons. The van der Waals surface area contributed by atoms with Gasteiger partial charge in [0.1, 0.15) is 39.6 Å². The molecule has 0 heterocycles. The Morgan fingerprint density at radius 2 is 0.700 bits per heavy atom. The molecule has 0 aliphatic rings. The summed E-state index contributed by atoms with van der Waals surface area (Å²) in [6, 6.07) is 0. The fourth-order valence-corrected chi connectivity index (χ4v) is 2.45. The zero-order valence-electron chi connectivity index (χ0n) is 22.8. The van der Waals surface area contributed by atoms with Crippen LogP contribution < -0.4 is 0 Å². The van der Waals surface area contributed by atoms with Crippen LogP contribution in [0.4, 0.5) is 0 Å². The van der Waals surface area contributed by atoms with Crippen molar-refractivity contribution >= 4 is 35.8 Å². The summed E-state index contributed by atoms with van der Waals surface area (Å²) in [5.41, 5.74) is -2.07. The maximum atomic E-state index is 12.1. The third-order valence-electron chi connectivity index (χ3n) is 4.82. The molecule has 0 aromatic heterocycles. The number of rotatable bonds is 20. The van der Waals surface area contributed by atoms with Gasteiger partial charge in [0.15, 0.2) is 0 Å². The zero-order chi connectivity index (χ0) is 30.6. The lowest BCUT2D eigenvalue weighted by atomic mass is 9.94. The zero-order valence-corrected chi connectivity index (χ0v) is 22.8. The van der Waals surface area contributed by atoms with E-state index in [2.05, 4.69) is 26.3 Å². The first kappa shape index (κ1) is 35.5. The van der Waals surface area contributed by atoms with E-state index in [0.717, 1.165) is 24.3 Å². The fraction of sp³-hybridized carbons (Fsp3) is 0.429. The summed E-state index contributed by atoms with van der Waals surface area (Å²) in [5, 5.41) is 0. The number of hydrogen-bond acceptors (Lipinski definition) is 12. The van der Waals surface area contributed by atoms with Crippen molar-refractivity contribution in [1.82, 2.24) is 0 Å². The largest absolute Gasteiger partial charge is 0.465 e. The summed E-state index contributed by atoms with van der Waals surface area (Å²) in [5.74, 6) is -4.09. The first-order valence-electron chi connectivity index (χ1n) is 11.9. The lowest BCUT2D eigenvalue weighted by molar-refractivity contribution is -0.158. The third-order valence-corrected chi connectivity index (χ3v) is 4.82. The van der Waals surface area contributed by atoms with Crippen LogP contribution in [0.25, 0.3) is 0 Å². The van der Waals surface area contributed by atoms with Crippen molar-refractivity contribution in [3.8, 4) is 0 Å². The maximum absolute atomic E-state index is 12.1. The van der Waals surface area contributed by atoms with E-state index in [0.29, 0.717) is 0 Å². The minimum absolute atomic E-state index is 0.186. The summed E-state index contributed by atoms with van der Waals surface area (Å²) in [6.45, 7) is 15.0. The van der Waals surface area contributed by atoms with E-state index in [1.807, 2.05) is 0 Å². The second kappa shape index (κ2) is 18.7.